The number of aromatic amines is 1. The zero-order valence-electron chi connectivity index (χ0n) is 17.1. The number of pyridine rings is 3. The van der Waals surface area contributed by atoms with Gasteiger partial charge in [-0.3, -0.25) is 4.79 Å². The quantitative estimate of drug-likeness (QED) is 0.394. The Bertz CT molecular complexity index is 1240. The predicted octanol–water partition coefficient (Wildman–Crippen LogP) is 3.66. The Labute approximate surface area is 177 Å². The fourth-order valence-electron chi connectivity index (χ4n) is 3.30. The van der Waals surface area contributed by atoms with Crippen molar-refractivity contribution in [1.82, 2.24) is 19.9 Å². The van der Waals surface area contributed by atoms with Crippen molar-refractivity contribution >= 4 is 28.4 Å². The van der Waals surface area contributed by atoms with E-state index in [-0.39, 0.29) is 5.91 Å². The van der Waals surface area contributed by atoms with E-state index in [0.717, 1.165) is 16.5 Å². The Morgan fingerprint density at radius 1 is 1.19 bits per heavy atom. The molecule has 4 rings (SSSR count). The maximum Gasteiger partial charge on any atom is 0.221 e. The van der Waals surface area contributed by atoms with Crippen LogP contribution in [0.5, 0.6) is 5.88 Å². The number of rotatable bonds is 7. The summed E-state index contributed by atoms with van der Waals surface area (Å²) >= 11 is 0. The zero-order valence-corrected chi connectivity index (χ0v) is 17.1. The molecule has 0 spiro atoms. The van der Waals surface area contributed by atoms with E-state index in [2.05, 4.69) is 30.6 Å². The first-order valence-electron chi connectivity index (χ1n) is 9.64. The van der Waals surface area contributed by atoms with E-state index in [1.54, 1.807) is 37.8 Å². The lowest BCUT2D eigenvalue weighted by atomic mass is 10.1. The van der Waals surface area contributed by atoms with Crippen molar-refractivity contribution in [2.45, 2.75) is 19.9 Å². The van der Waals surface area contributed by atoms with E-state index >= 15 is 0 Å². The Morgan fingerprint density at radius 2 is 2.06 bits per heavy atom. The number of amides is 1. The maximum absolute atomic E-state index is 14.7. The lowest BCUT2D eigenvalue weighted by molar-refractivity contribution is -0.114. The molecule has 0 atom stereocenters. The summed E-state index contributed by atoms with van der Waals surface area (Å²) in [6.07, 6.45) is 5.34. The number of H-pyrrole nitrogens is 1. The highest BCUT2D eigenvalue weighted by atomic mass is 19.1. The number of carbonyl (C=O) groups excluding carboxylic acids is 1. The monoisotopic (exact) mass is 420 g/mol. The number of halogens is 1. The van der Waals surface area contributed by atoms with Crippen LogP contribution < -0.4 is 15.4 Å². The smallest absolute Gasteiger partial charge is 0.221 e. The van der Waals surface area contributed by atoms with Gasteiger partial charge in [0.15, 0.2) is 0 Å². The molecule has 0 aromatic carbocycles. The Hall–Kier alpha value is -4.01. The summed E-state index contributed by atoms with van der Waals surface area (Å²) < 4.78 is 19.9. The summed E-state index contributed by atoms with van der Waals surface area (Å²) in [6.45, 7) is 1.84. The number of anilines is 2. The van der Waals surface area contributed by atoms with Crippen molar-refractivity contribution < 1.29 is 13.9 Å². The van der Waals surface area contributed by atoms with E-state index in [9.17, 15) is 9.18 Å². The Kier molecular flexibility index (Phi) is 5.74. The summed E-state index contributed by atoms with van der Waals surface area (Å²) in [6, 6.07) is 8.94. The third-order valence-corrected chi connectivity index (χ3v) is 4.75. The van der Waals surface area contributed by atoms with Gasteiger partial charge in [0.05, 0.1) is 19.0 Å². The normalized spacial score (nSPS) is 10.8. The zero-order chi connectivity index (χ0) is 21.8. The molecule has 0 radical (unpaired) electrons. The van der Waals surface area contributed by atoms with Crippen LogP contribution in [0, 0.1) is 5.95 Å². The van der Waals surface area contributed by atoms with E-state index in [1.165, 1.54) is 6.92 Å². The van der Waals surface area contributed by atoms with Gasteiger partial charge in [-0.1, -0.05) is 12.1 Å². The lowest BCUT2D eigenvalue weighted by Gasteiger charge is -2.10. The highest BCUT2D eigenvalue weighted by molar-refractivity contribution is 5.92. The second kappa shape index (κ2) is 8.78. The van der Waals surface area contributed by atoms with Gasteiger partial charge < -0.3 is 20.4 Å². The van der Waals surface area contributed by atoms with Gasteiger partial charge >= 0.3 is 0 Å². The molecule has 3 N–H and O–H groups in total. The molecule has 0 fully saturated rings. The molecule has 0 aliphatic heterocycles. The van der Waals surface area contributed by atoms with Crippen LogP contribution in [-0.2, 0) is 17.8 Å². The van der Waals surface area contributed by atoms with Crippen LogP contribution >= 0.6 is 0 Å². The summed E-state index contributed by atoms with van der Waals surface area (Å²) in [5, 5.41) is 6.62. The number of nitrogens with one attached hydrogen (secondary N) is 3. The molecule has 0 saturated carbocycles. The van der Waals surface area contributed by atoms with Crippen LogP contribution in [0.3, 0.4) is 0 Å². The first kappa shape index (κ1) is 20.3. The topological polar surface area (TPSA) is 105 Å². The van der Waals surface area contributed by atoms with Gasteiger partial charge in [-0.25, -0.2) is 15.0 Å². The number of methoxy groups -OCH3 is 1. The molecule has 0 bridgehead atoms. The molecule has 9 heteroatoms. The summed E-state index contributed by atoms with van der Waals surface area (Å²) in [7, 11) is 1.55. The maximum atomic E-state index is 14.7. The molecule has 4 heterocycles. The average molecular weight is 420 g/mol. The standard InChI is InChI=1S/C22H21FN6O2/c1-13(30)28-17-9-18-16(11-26-21(18)27-12-17)8-14-5-6-19(29-20(14)23)25-10-15-4-3-7-24-22(15)31-2/h3-7,9,11-12H,8,10H2,1-2H3,(H,25,29)(H,26,27)(H,28,30). The minimum atomic E-state index is -0.552. The number of ether oxygens (including phenoxy) is 1. The average Bonchev–Trinajstić information content (AvgIpc) is 3.15. The van der Waals surface area contributed by atoms with E-state index in [1.807, 2.05) is 18.2 Å². The first-order valence-corrected chi connectivity index (χ1v) is 9.64. The first-order chi connectivity index (χ1) is 15.0. The minimum absolute atomic E-state index is 0.180. The number of aromatic nitrogens is 4. The molecule has 31 heavy (non-hydrogen) atoms. The van der Waals surface area contributed by atoms with E-state index in [4.69, 9.17) is 4.74 Å². The van der Waals surface area contributed by atoms with Gasteiger partial charge in [0, 0.05) is 48.8 Å². The minimum Gasteiger partial charge on any atom is -0.481 e. The van der Waals surface area contributed by atoms with Gasteiger partial charge in [-0.2, -0.15) is 4.39 Å². The number of hydrogen-bond donors (Lipinski definition) is 3. The SMILES string of the molecule is COc1ncccc1CNc1ccc(Cc2c[nH]c3ncc(NC(C)=O)cc23)c(F)n1. The van der Waals surface area contributed by atoms with Crippen LogP contribution in [0.2, 0.25) is 0 Å². The molecule has 0 aliphatic carbocycles. The molecule has 1 amide bonds. The van der Waals surface area contributed by atoms with Crippen molar-refractivity contribution in [3.8, 4) is 5.88 Å². The fourth-order valence-corrected chi connectivity index (χ4v) is 3.30. The van der Waals surface area contributed by atoms with Gasteiger partial charge in [-0.05, 0) is 23.8 Å². The summed E-state index contributed by atoms with van der Waals surface area (Å²) in [5.41, 5.74) is 3.41. The van der Waals surface area contributed by atoms with Crippen LogP contribution in [0.25, 0.3) is 11.0 Å². The lowest BCUT2D eigenvalue weighted by Crippen LogP contribution is -2.06. The van der Waals surface area contributed by atoms with Gasteiger partial charge in [0.1, 0.15) is 11.5 Å². The molecule has 4 aromatic rings. The summed E-state index contributed by atoms with van der Waals surface area (Å²) in [4.78, 5) is 26.8. The van der Waals surface area contributed by atoms with E-state index in [0.29, 0.717) is 41.6 Å². The second-order valence-electron chi connectivity index (χ2n) is 6.96. The van der Waals surface area contributed by atoms with Crippen molar-refractivity contribution in [1.29, 1.82) is 0 Å². The fraction of sp³-hybridized carbons (Fsp3) is 0.182. The van der Waals surface area contributed by atoms with Crippen molar-refractivity contribution in [2.75, 3.05) is 17.7 Å². The Morgan fingerprint density at radius 3 is 2.84 bits per heavy atom. The van der Waals surface area contributed by atoms with Crippen LogP contribution in [0.15, 0.2) is 48.9 Å². The molecule has 8 nitrogen and oxygen atoms in total. The molecule has 0 unspecified atom stereocenters. The van der Waals surface area contributed by atoms with Crippen molar-refractivity contribution in [3.63, 3.8) is 0 Å². The molecule has 158 valence electrons. The van der Waals surface area contributed by atoms with Crippen LogP contribution in [0.4, 0.5) is 15.9 Å². The molecular formula is C22H21FN6O2. The third-order valence-electron chi connectivity index (χ3n) is 4.75. The summed E-state index contributed by atoms with van der Waals surface area (Å²) in [5.74, 6) is 0.198. The van der Waals surface area contributed by atoms with Crippen LogP contribution in [0.1, 0.15) is 23.6 Å². The largest absolute Gasteiger partial charge is 0.481 e. The Balaban J connectivity index is 1.50. The van der Waals surface area contributed by atoms with Crippen molar-refractivity contribution in [2.24, 2.45) is 0 Å². The highest BCUT2D eigenvalue weighted by Gasteiger charge is 2.12. The predicted molar refractivity (Wildman–Crippen MR) is 116 cm³/mol. The van der Waals surface area contributed by atoms with Crippen LogP contribution in [-0.4, -0.2) is 33.0 Å². The molecular weight excluding hydrogens is 399 g/mol. The number of nitrogens with zero attached hydrogens (tertiary/aromatic N) is 3. The third kappa shape index (κ3) is 4.61. The molecule has 0 saturated heterocycles. The number of carbonyl (C=O) groups is 1. The van der Waals surface area contributed by atoms with Gasteiger partial charge in [0.25, 0.3) is 0 Å². The highest BCUT2D eigenvalue weighted by Crippen LogP contribution is 2.24. The van der Waals surface area contributed by atoms with Crippen molar-refractivity contribution in [3.05, 3.63) is 71.6 Å². The van der Waals surface area contributed by atoms with Gasteiger partial charge in [-0.15, -0.1) is 0 Å². The number of fused-ring (bicyclic) bond motifs is 1. The van der Waals surface area contributed by atoms with Gasteiger partial charge in [0.2, 0.25) is 17.7 Å². The molecule has 0 aliphatic rings. The molecule has 4 aromatic heterocycles. The second-order valence-corrected chi connectivity index (χ2v) is 6.96. The number of hydrogen-bond acceptors (Lipinski definition) is 6. The van der Waals surface area contributed by atoms with E-state index < -0.39 is 5.95 Å².